The van der Waals surface area contributed by atoms with Crippen LogP contribution in [-0.2, 0) is 14.3 Å². The number of benzene rings is 2. The predicted octanol–water partition coefficient (Wildman–Crippen LogP) is 2.59. The fourth-order valence-electron chi connectivity index (χ4n) is 2.49. The number of fused-ring (bicyclic) bond motifs is 1. The molecule has 3 rings (SSSR count). The number of esters is 1. The molecule has 0 spiro atoms. The molecule has 0 fully saturated rings. The Bertz CT molecular complexity index is 810. The van der Waals surface area contributed by atoms with Crippen molar-refractivity contribution in [3.05, 3.63) is 54.1 Å². The van der Waals surface area contributed by atoms with Gasteiger partial charge in [-0.1, -0.05) is 30.3 Å². The zero-order chi connectivity index (χ0) is 19.1. The quantitative estimate of drug-likeness (QED) is 0.582. The van der Waals surface area contributed by atoms with E-state index in [0.717, 1.165) is 10.5 Å². The van der Waals surface area contributed by atoms with Crippen molar-refractivity contribution in [2.75, 3.05) is 25.5 Å². The Morgan fingerprint density at radius 1 is 1.15 bits per heavy atom. The van der Waals surface area contributed by atoms with Gasteiger partial charge in [0.2, 0.25) is 0 Å². The Kier molecular flexibility index (Phi) is 6.59. The summed E-state index contributed by atoms with van der Waals surface area (Å²) in [6.45, 7) is 2.31. The first-order valence-corrected chi connectivity index (χ1v) is 9.59. The standard InChI is InChI=1S/C20H21NO5S/c1-14-6-2-5-9-18(14)27-13-20(23)25-12-19(22)21-10-15-11-24-16-7-3-4-8-17(16)26-15/h2-9,15H,10-13H2,1H3,(H,21,22)/t15-/m0/s1. The van der Waals surface area contributed by atoms with Gasteiger partial charge in [0, 0.05) is 4.90 Å². The molecule has 1 atom stereocenters. The lowest BCUT2D eigenvalue weighted by molar-refractivity contribution is -0.146. The zero-order valence-electron chi connectivity index (χ0n) is 15.0. The summed E-state index contributed by atoms with van der Waals surface area (Å²) in [6.07, 6.45) is -0.281. The summed E-state index contributed by atoms with van der Waals surface area (Å²) in [7, 11) is 0. The summed E-state index contributed by atoms with van der Waals surface area (Å²) in [5.74, 6) is 0.716. The molecule has 6 nitrogen and oxygen atoms in total. The van der Waals surface area contributed by atoms with Gasteiger partial charge < -0.3 is 19.5 Å². The second-order valence-electron chi connectivity index (χ2n) is 6.02. The van der Waals surface area contributed by atoms with Crippen LogP contribution in [0.2, 0.25) is 0 Å². The minimum absolute atomic E-state index is 0.161. The van der Waals surface area contributed by atoms with E-state index in [9.17, 15) is 9.59 Å². The van der Waals surface area contributed by atoms with Gasteiger partial charge in [0.15, 0.2) is 18.1 Å². The van der Waals surface area contributed by atoms with Gasteiger partial charge in [0.05, 0.1) is 12.3 Å². The molecule has 142 valence electrons. The Labute approximate surface area is 162 Å². The molecule has 0 unspecified atom stereocenters. The van der Waals surface area contributed by atoms with E-state index in [1.165, 1.54) is 11.8 Å². The minimum atomic E-state index is -0.426. The van der Waals surface area contributed by atoms with E-state index in [-0.39, 0.29) is 30.9 Å². The largest absolute Gasteiger partial charge is 0.486 e. The molecule has 1 aliphatic rings. The van der Waals surface area contributed by atoms with Crippen molar-refractivity contribution in [1.29, 1.82) is 0 Å². The van der Waals surface area contributed by atoms with Gasteiger partial charge in [-0.2, -0.15) is 0 Å². The lowest BCUT2D eigenvalue weighted by Gasteiger charge is -2.26. The zero-order valence-corrected chi connectivity index (χ0v) is 15.8. The third-order valence-electron chi connectivity index (χ3n) is 3.90. The average molecular weight is 387 g/mol. The fourth-order valence-corrected chi connectivity index (χ4v) is 3.31. The van der Waals surface area contributed by atoms with Crippen LogP contribution in [0.4, 0.5) is 0 Å². The van der Waals surface area contributed by atoms with E-state index in [2.05, 4.69) is 5.32 Å². The van der Waals surface area contributed by atoms with Crippen LogP contribution in [-0.4, -0.2) is 43.5 Å². The second kappa shape index (κ2) is 9.32. The molecular formula is C20H21NO5S. The number of para-hydroxylation sites is 2. The van der Waals surface area contributed by atoms with Crippen molar-refractivity contribution in [2.45, 2.75) is 17.9 Å². The van der Waals surface area contributed by atoms with Gasteiger partial charge in [-0.05, 0) is 30.7 Å². The normalized spacial score (nSPS) is 15.1. The number of aryl methyl sites for hydroxylation is 1. The van der Waals surface area contributed by atoms with E-state index >= 15 is 0 Å². The Morgan fingerprint density at radius 2 is 1.89 bits per heavy atom. The van der Waals surface area contributed by atoms with Crippen LogP contribution in [0.25, 0.3) is 0 Å². The minimum Gasteiger partial charge on any atom is -0.486 e. The van der Waals surface area contributed by atoms with Crippen molar-refractivity contribution in [1.82, 2.24) is 5.32 Å². The summed E-state index contributed by atoms with van der Waals surface area (Å²) < 4.78 is 16.4. The fraction of sp³-hybridized carbons (Fsp3) is 0.300. The Balaban J connectivity index is 1.34. The topological polar surface area (TPSA) is 73.9 Å². The number of nitrogens with one attached hydrogen (secondary N) is 1. The van der Waals surface area contributed by atoms with Gasteiger partial charge in [0.25, 0.3) is 5.91 Å². The number of thioether (sulfide) groups is 1. The van der Waals surface area contributed by atoms with Gasteiger partial charge in [-0.25, -0.2) is 0 Å². The molecule has 2 aromatic carbocycles. The number of carbonyl (C=O) groups is 2. The molecule has 1 heterocycles. The lowest BCUT2D eigenvalue weighted by atomic mass is 10.2. The molecule has 0 saturated carbocycles. The third kappa shape index (κ3) is 5.65. The van der Waals surface area contributed by atoms with E-state index in [4.69, 9.17) is 14.2 Å². The van der Waals surface area contributed by atoms with Crippen molar-refractivity contribution >= 4 is 23.6 Å². The smallest absolute Gasteiger partial charge is 0.316 e. The maximum atomic E-state index is 11.9. The molecular weight excluding hydrogens is 366 g/mol. The van der Waals surface area contributed by atoms with Crippen LogP contribution in [0.15, 0.2) is 53.4 Å². The van der Waals surface area contributed by atoms with Gasteiger partial charge in [-0.15, -0.1) is 11.8 Å². The summed E-state index contributed by atoms with van der Waals surface area (Å²) >= 11 is 1.39. The van der Waals surface area contributed by atoms with Crippen molar-refractivity contribution in [3.63, 3.8) is 0 Å². The highest BCUT2D eigenvalue weighted by Crippen LogP contribution is 2.30. The maximum absolute atomic E-state index is 11.9. The van der Waals surface area contributed by atoms with Gasteiger partial charge in [-0.3, -0.25) is 9.59 Å². The number of hydrogen-bond donors (Lipinski definition) is 1. The summed E-state index contributed by atoms with van der Waals surface area (Å²) in [4.78, 5) is 24.7. The number of hydrogen-bond acceptors (Lipinski definition) is 6. The first-order chi connectivity index (χ1) is 13.1. The van der Waals surface area contributed by atoms with Crippen LogP contribution in [0.1, 0.15) is 5.56 Å². The Morgan fingerprint density at radius 3 is 2.70 bits per heavy atom. The van der Waals surface area contributed by atoms with Crippen LogP contribution in [0.3, 0.4) is 0 Å². The van der Waals surface area contributed by atoms with E-state index in [0.29, 0.717) is 18.1 Å². The third-order valence-corrected chi connectivity index (χ3v) is 5.05. The summed E-state index contributed by atoms with van der Waals surface area (Å²) in [5, 5.41) is 2.69. The first kappa shape index (κ1) is 19.1. The van der Waals surface area contributed by atoms with Crippen molar-refractivity contribution in [3.8, 4) is 11.5 Å². The van der Waals surface area contributed by atoms with Gasteiger partial charge >= 0.3 is 5.97 Å². The Hall–Kier alpha value is -2.67. The molecule has 27 heavy (non-hydrogen) atoms. The molecule has 0 aliphatic carbocycles. The van der Waals surface area contributed by atoms with Crippen LogP contribution < -0.4 is 14.8 Å². The molecule has 1 N–H and O–H groups in total. The van der Waals surface area contributed by atoms with Gasteiger partial charge in [0.1, 0.15) is 12.7 Å². The number of amides is 1. The summed E-state index contributed by atoms with van der Waals surface area (Å²) in [6, 6.07) is 15.2. The molecule has 1 amide bonds. The first-order valence-electron chi connectivity index (χ1n) is 8.61. The summed E-state index contributed by atoms with van der Waals surface area (Å²) in [5.41, 5.74) is 1.10. The van der Waals surface area contributed by atoms with Crippen molar-refractivity contribution in [2.24, 2.45) is 0 Å². The molecule has 7 heteroatoms. The maximum Gasteiger partial charge on any atom is 0.316 e. The molecule has 0 aromatic heterocycles. The van der Waals surface area contributed by atoms with Crippen LogP contribution in [0, 0.1) is 6.92 Å². The number of ether oxygens (including phenoxy) is 3. The molecule has 0 radical (unpaired) electrons. The highest BCUT2D eigenvalue weighted by atomic mass is 32.2. The molecule has 0 saturated heterocycles. The molecule has 1 aliphatic heterocycles. The van der Waals surface area contributed by atoms with E-state index < -0.39 is 5.97 Å². The molecule has 2 aromatic rings. The van der Waals surface area contributed by atoms with Crippen molar-refractivity contribution < 1.29 is 23.8 Å². The SMILES string of the molecule is Cc1ccccc1SCC(=O)OCC(=O)NC[C@H]1COc2ccccc2O1. The average Bonchev–Trinajstić information content (AvgIpc) is 2.70. The number of rotatable bonds is 7. The predicted molar refractivity (Wildman–Crippen MR) is 102 cm³/mol. The van der Waals surface area contributed by atoms with Crippen LogP contribution in [0.5, 0.6) is 11.5 Å². The lowest BCUT2D eigenvalue weighted by Crippen LogP contribution is -2.42. The highest BCUT2D eigenvalue weighted by Gasteiger charge is 2.21. The second-order valence-corrected chi connectivity index (χ2v) is 7.03. The van der Waals surface area contributed by atoms with Crippen LogP contribution >= 0.6 is 11.8 Å². The monoisotopic (exact) mass is 387 g/mol. The number of carbonyl (C=O) groups excluding carboxylic acids is 2. The highest BCUT2D eigenvalue weighted by molar-refractivity contribution is 8.00. The van der Waals surface area contributed by atoms with E-state index in [1.54, 1.807) is 0 Å². The van der Waals surface area contributed by atoms with E-state index in [1.807, 2.05) is 55.5 Å². The molecule has 0 bridgehead atoms.